The van der Waals surface area contributed by atoms with E-state index in [1.807, 2.05) is 0 Å². The Balaban J connectivity index is -0.0000000750. The molecule has 0 spiro atoms. The molecule has 2 heteroatoms. The van der Waals surface area contributed by atoms with Gasteiger partial charge in [-0.25, -0.2) is 0 Å². The fourth-order valence-electron chi connectivity index (χ4n) is 0. The van der Waals surface area contributed by atoms with Gasteiger partial charge in [0, 0.05) is 38.2 Å². The quantitative estimate of drug-likeness (QED) is 0.662. The van der Waals surface area contributed by atoms with E-state index in [1.165, 1.54) is 0 Å². The molecule has 0 radical (unpaired) electrons. The van der Waals surface area contributed by atoms with Crippen LogP contribution in [0.1, 0.15) is 20.8 Å². The molecule has 0 aliphatic heterocycles. The predicted molar refractivity (Wildman–Crippen MR) is 33.0 cm³/mol. The van der Waals surface area contributed by atoms with Crippen molar-refractivity contribution in [1.82, 2.24) is 0 Å². The molecular formula is C6H15OU-. The van der Waals surface area contributed by atoms with Crippen LogP contribution in [-0.2, 0) is 0 Å². The minimum atomic E-state index is 0. The fourth-order valence-corrected chi connectivity index (χ4v) is 0. The van der Waals surface area contributed by atoms with E-state index in [9.17, 15) is 0 Å². The molecule has 0 aromatic rings. The van der Waals surface area contributed by atoms with Gasteiger partial charge in [0.05, 0.1) is 0 Å². The summed E-state index contributed by atoms with van der Waals surface area (Å²) in [6.45, 7) is 10.0. The van der Waals surface area contributed by atoms with Gasteiger partial charge in [0.2, 0.25) is 0 Å². The van der Waals surface area contributed by atoms with Crippen LogP contribution in [0.2, 0.25) is 0 Å². The minimum Gasteiger partial charge on any atom is -0.400 e. The van der Waals surface area contributed by atoms with Gasteiger partial charge in [-0.3, -0.25) is 0 Å². The molecule has 0 bridgehead atoms. The van der Waals surface area contributed by atoms with Crippen molar-refractivity contribution in [3.05, 3.63) is 6.92 Å². The molecule has 0 unspecified atom stereocenters. The van der Waals surface area contributed by atoms with Gasteiger partial charge in [0.1, 0.15) is 0 Å². The Hall–Kier alpha value is 1.01. The molecule has 0 aliphatic rings. The van der Waals surface area contributed by atoms with Gasteiger partial charge in [-0.1, -0.05) is 20.8 Å². The largest absolute Gasteiger partial charge is 0.400 e. The van der Waals surface area contributed by atoms with E-state index < -0.39 is 0 Å². The second kappa shape index (κ2) is 8.01. The van der Waals surface area contributed by atoms with Crippen molar-refractivity contribution < 1.29 is 36.2 Å². The van der Waals surface area contributed by atoms with Gasteiger partial charge >= 0.3 is 0 Å². The summed E-state index contributed by atoms with van der Waals surface area (Å²) in [4.78, 5) is 0. The first-order valence-electron chi connectivity index (χ1n) is 2.30. The van der Waals surface area contributed by atoms with E-state index in [-0.39, 0.29) is 36.5 Å². The predicted octanol–water partition coefficient (Wildman–Crippen LogP) is 1.48. The topological polar surface area (TPSA) is 20.2 Å². The summed E-state index contributed by atoms with van der Waals surface area (Å²) < 4.78 is 0. The molecule has 0 aliphatic carbocycles. The SMILES string of the molecule is CO.[CH2-]C(C)(C)C.[U]. The van der Waals surface area contributed by atoms with Crippen molar-refractivity contribution >= 4 is 0 Å². The first-order chi connectivity index (χ1) is 3.00. The molecule has 1 N–H and O–H groups in total. The van der Waals surface area contributed by atoms with Gasteiger partial charge < -0.3 is 12.0 Å². The standard InChI is InChI=1S/C5H11.CH4O.U/c1-5(2,3)4;1-2;/h1H2,2-4H3;2H,1H3;/q-1;;. The van der Waals surface area contributed by atoms with Gasteiger partial charge in [-0.05, 0) is 0 Å². The third kappa shape index (κ3) is 247. The van der Waals surface area contributed by atoms with Crippen molar-refractivity contribution in [1.29, 1.82) is 0 Å². The number of aliphatic hydroxyl groups excluding tert-OH is 1. The monoisotopic (exact) mass is 341 g/mol. The van der Waals surface area contributed by atoms with Crippen LogP contribution in [0.15, 0.2) is 0 Å². The van der Waals surface area contributed by atoms with Crippen LogP contribution in [-0.4, -0.2) is 12.2 Å². The van der Waals surface area contributed by atoms with Crippen LogP contribution < -0.4 is 0 Å². The van der Waals surface area contributed by atoms with Crippen molar-refractivity contribution in [2.45, 2.75) is 20.8 Å². The van der Waals surface area contributed by atoms with E-state index >= 15 is 0 Å². The summed E-state index contributed by atoms with van der Waals surface area (Å²) in [7, 11) is 1.00. The average molecular weight is 341 g/mol. The Morgan fingerprint density at radius 3 is 1.12 bits per heavy atom. The van der Waals surface area contributed by atoms with Crippen LogP contribution in [0.5, 0.6) is 0 Å². The minimum absolute atomic E-state index is 0. The third-order valence-corrected chi connectivity index (χ3v) is 0. The molecule has 0 aromatic heterocycles. The zero-order valence-electron chi connectivity index (χ0n) is 6.15. The smallest absolute Gasteiger partial charge is 0.0319 e. The number of rotatable bonds is 0. The normalized spacial score (nSPS) is 8.25. The third-order valence-electron chi connectivity index (χ3n) is 0. The van der Waals surface area contributed by atoms with Crippen LogP contribution >= 0.6 is 0 Å². The van der Waals surface area contributed by atoms with Gasteiger partial charge in [-0.15, -0.1) is 0 Å². The molecule has 0 atom stereocenters. The van der Waals surface area contributed by atoms with Gasteiger partial charge in [0.25, 0.3) is 0 Å². The number of hydrogen-bond donors (Lipinski definition) is 1. The Morgan fingerprint density at radius 2 is 1.12 bits per heavy atom. The molecule has 0 saturated heterocycles. The summed E-state index contributed by atoms with van der Waals surface area (Å²) in [5.74, 6) is 0. The van der Waals surface area contributed by atoms with E-state index in [0.717, 1.165) is 7.11 Å². The molecule has 0 rings (SSSR count). The van der Waals surface area contributed by atoms with Crippen LogP contribution in [0.3, 0.4) is 0 Å². The van der Waals surface area contributed by atoms with E-state index in [1.54, 1.807) is 0 Å². The average Bonchev–Trinajstić information content (AvgIpc) is 1.36. The zero-order valence-corrected chi connectivity index (χ0v) is 10.3. The zero-order chi connectivity index (χ0) is 6.50. The number of aliphatic hydroxyl groups is 1. The van der Waals surface area contributed by atoms with Gasteiger partial charge in [0.15, 0.2) is 0 Å². The second-order valence-corrected chi connectivity index (χ2v) is 2.56. The maximum atomic E-state index is 7.00. The van der Waals surface area contributed by atoms with Crippen molar-refractivity contribution in [3.8, 4) is 0 Å². The van der Waals surface area contributed by atoms with Crippen LogP contribution in [0, 0.1) is 43.5 Å². The molecule has 0 heterocycles. The van der Waals surface area contributed by atoms with Crippen LogP contribution in [0.4, 0.5) is 0 Å². The molecule has 50 valence electrons. The van der Waals surface area contributed by atoms with E-state index in [2.05, 4.69) is 27.7 Å². The molecule has 8 heavy (non-hydrogen) atoms. The van der Waals surface area contributed by atoms with E-state index in [0.29, 0.717) is 0 Å². The molecule has 0 aromatic carbocycles. The van der Waals surface area contributed by atoms with Crippen molar-refractivity contribution in [2.24, 2.45) is 5.41 Å². The summed E-state index contributed by atoms with van der Waals surface area (Å²) >= 11 is 0. The number of hydrogen-bond acceptors (Lipinski definition) is 1. The van der Waals surface area contributed by atoms with E-state index in [4.69, 9.17) is 5.11 Å². The Labute approximate surface area is 76.2 Å². The fraction of sp³-hybridized carbons (Fsp3) is 0.833. The Kier molecular flexibility index (Phi) is 16.0. The Bertz CT molecular complexity index is 24.0. The molecule has 0 saturated carbocycles. The van der Waals surface area contributed by atoms with Crippen LogP contribution in [0.25, 0.3) is 0 Å². The summed E-state index contributed by atoms with van der Waals surface area (Å²) in [6, 6.07) is 0. The first-order valence-corrected chi connectivity index (χ1v) is 2.30. The summed E-state index contributed by atoms with van der Waals surface area (Å²) in [5.41, 5.74) is 0.250. The maximum absolute atomic E-state index is 7.00. The molecular weight excluding hydrogens is 326 g/mol. The van der Waals surface area contributed by atoms with Gasteiger partial charge in [-0.2, -0.15) is 5.41 Å². The first kappa shape index (κ1) is 16.0. The maximum Gasteiger partial charge on any atom is 0.0319 e. The molecule has 0 amide bonds. The molecule has 0 fully saturated rings. The Morgan fingerprint density at radius 1 is 1.12 bits per heavy atom. The summed E-state index contributed by atoms with van der Waals surface area (Å²) in [5, 5.41) is 7.00. The molecule has 1 nitrogen and oxygen atoms in total. The summed E-state index contributed by atoms with van der Waals surface area (Å²) in [6.07, 6.45) is 0. The van der Waals surface area contributed by atoms with Crippen molar-refractivity contribution in [3.63, 3.8) is 0 Å². The van der Waals surface area contributed by atoms with Crippen molar-refractivity contribution in [2.75, 3.05) is 7.11 Å². The second-order valence-electron chi connectivity index (χ2n) is 2.56.